The molecular formula is C16H20F3NO4. The highest BCUT2D eigenvalue weighted by Crippen LogP contribution is 2.42. The molecule has 0 aromatic heterocycles. The van der Waals surface area contributed by atoms with Crippen LogP contribution < -0.4 is 14.2 Å². The molecule has 1 saturated heterocycles. The zero-order chi connectivity index (χ0) is 17.4. The Labute approximate surface area is 137 Å². The van der Waals surface area contributed by atoms with Crippen LogP contribution in [0.2, 0.25) is 0 Å². The van der Waals surface area contributed by atoms with E-state index in [2.05, 4.69) is 0 Å². The SMILES string of the molecule is COc1cc(CN2CCC(O)(C(F)(F)F)CC2)cc2c1OCCO2. The summed E-state index contributed by atoms with van der Waals surface area (Å²) in [6, 6.07) is 3.62. The number of methoxy groups -OCH3 is 1. The second kappa shape index (κ2) is 6.33. The average molecular weight is 347 g/mol. The topological polar surface area (TPSA) is 51.2 Å². The van der Waals surface area contributed by atoms with Crippen LogP contribution in [0, 0.1) is 0 Å². The fourth-order valence-corrected chi connectivity index (χ4v) is 3.04. The van der Waals surface area contributed by atoms with Crippen molar-refractivity contribution in [3.05, 3.63) is 17.7 Å². The van der Waals surface area contributed by atoms with Gasteiger partial charge in [-0.25, -0.2) is 0 Å². The first-order valence-electron chi connectivity index (χ1n) is 7.80. The number of hydrogen-bond acceptors (Lipinski definition) is 5. The number of piperidine rings is 1. The second-order valence-electron chi connectivity index (χ2n) is 6.13. The van der Waals surface area contributed by atoms with Gasteiger partial charge in [0.05, 0.1) is 7.11 Å². The maximum absolute atomic E-state index is 12.9. The number of fused-ring (bicyclic) bond motifs is 1. The van der Waals surface area contributed by atoms with Crippen molar-refractivity contribution in [1.29, 1.82) is 0 Å². The van der Waals surface area contributed by atoms with Crippen LogP contribution in [0.5, 0.6) is 17.2 Å². The van der Waals surface area contributed by atoms with Gasteiger partial charge in [0.1, 0.15) is 13.2 Å². The molecule has 0 radical (unpaired) electrons. The fraction of sp³-hybridized carbons (Fsp3) is 0.625. The zero-order valence-corrected chi connectivity index (χ0v) is 13.4. The van der Waals surface area contributed by atoms with Crippen LogP contribution in [0.25, 0.3) is 0 Å². The van der Waals surface area contributed by atoms with Crippen molar-refractivity contribution in [1.82, 2.24) is 4.90 Å². The Hall–Kier alpha value is -1.67. The number of ether oxygens (including phenoxy) is 3. The molecule has 2 aliphatic rings. The van der Waals surface area contributed by atoms with Gasteiger partial charge < -0.3 is 19.3 Å². The highest BCUT2D eigenvalue weighted by Gasteiger charge is 2.54. The first-order chi connectivity index (χ1) is 11.3. The van der Waals surface area contributed by atoms with E-state index in [1.165, 1.54) is 7.11 Å². The van der Waals surface area contributed by atoms with Crippen LogP contribution in [0.15, 0.2) is 12.1 Å². The van der Waals surface area contributed by atoms with E-state index >= 15 is 0 Å². The summed E-state index contributed by atoms with van der Waals surface area (Å²) in [5.41, 5.74) is -1.71. The quantitative estimate of drug-likeness (QED) is 0.910. The standard InChI is InChI=1S/C16H20F3NO4/c1-22-12-8-11(9-13-14(12)24-7-6-23-13)10-20-4-2-15(21,3-5-20)16(17,18)19/h8-9,21H,2-7,10H2,1H3. The van der Waals surface area contributed by atoms with Crippen molar-refractivity contribution in [2.24, 2.45) is 0 Å². The number of halogens is 3. The van der Waals surface area contributed by atoms with E-state index in [0.29, 0.717) is 37.0 Å². The van der Waals surface area contributed by atoms with Gasteiger partial charge in [-0.3, -0.25) is 4.90 Å². The van der Waals surface area contributed by atoms with E-state index in [1.54, 1.807) is 6.07 Å². The van der Waals surface area contributed by atoms with E-state index < -0.39 is 11.8 Å². The Bertz CT molecular complexity index is 580. The lowest BCUT2D eigenvalue weighted by Gasteiger charge is -2.39. The van der Waals surface area contributed by atoms with Crippen LogP contribution in [0.3, 0.4) is 0 Å². The minimum Gasteiger partial charge on any atom is -0.493 e. The molecule has 0 spiro atoms. The summed E-state index contributed by atoms with van der Waals surface area (Å²) in [5.74, 6) is 1.68. The lowest BCUT2D eigenvalue weighted by atomic mass is 9.90. The van der Waals surface area contributed by atoms with Gasteiger partial charge in [0, 0.05) is 19.6 Å². The van der Waals surface area contributed by atoms with E-state index in [4.69, 9.17) is 14.2 Å². The molecule has 134 valence electrons. The molecule has 0 unspecified atom stereocenters. The molecule has 24 heavy (non-hydrogen) atoms. The molecule has 3 rings (SSSR count). The van der Waals surface area contributed by atoms with Crippen LogP contribution >= 0.6 is 0 Å². The average Bonchev–Trinajstić information content (AvgIpc) is 2.55. The molecular weight excluding hydrogens is 327 g/mol. The summed E-state index contributed by atoms with van der Waals surface area (Å²) < 4.78 is 55.0. The van der Waals surface area contributed by atoms with Crippen LogP contribution in [-0.2, 0) is 6.54 Å². The molecule has 1 fully saturated rings. The number of hydrogen-bond donors (Lipinski definition) is 1. The molecule has 8 heteroatoms. The monoisotopic (exact) mass is 347 g/mol. The number of nitrogens with zero attached hydrogens (tertiary/aromatic N) is 1. The smallest absolute Gasteiger partial charge is 0.417 e. The lowest BCUT2D eigenvalue weighted by molar-refractivity contribution is -0.272. The van der Waals surface area contributed by atoms with Crippen molar-refractivity contribution in [3.8, 4) is 17.2 Å². The van der Waals surface area contributed by atoms with Gasteiger partial charge in [-0.2, -0.15) is 13.2 Å². The van der Waals surface area contributed by atoms with Gasteiger partial charge >= 0.3 is 6.18 Å². The minimum absolute atomic E-state index is 0.173. The summed E-state index contributed by atoms with van der Waals surface area (Å²) in [6.45, 7) is 1.70. The summed E-state index contributed by atoms with van der Waals surface area (Å²) in [6.07, 6.45) is -5.23. The zero-order valence-electron chi connectivity index (χ0n) is 13.4. The second-order valence-corrected chi connectivity index (χ2v) is 6.13. The molecule has 1 aromatic carbocycles. The third kappa shape index (κ3) is 3.25. The van der Waals surface area contributed by atoms with Gasteiger partial charge in [0.25, 0.3) is 0 Å². The molecule has 0 saturated carbocycles. The van der Waals surface area contributed by atoms with Crippen LogP contribution in [-0.4, -0.2) is 55.2 Å². The highest BCUT2D eigenvalue weighted by atomic mass is 19.4. The minimum atomic E-state index is -4.58. The Morgan fingerprint density at radius 3 is 2.50 bits per heavy atom. The maximum atomic E-state index is 12.9. The predicted molar refractivity (Wildman–Crippen MR) is 79.5 cm³/mol. The van der Waals surface area contributed by atoms with Crippen LogP contribution in [0.4, 0.5) is 13.2 Å². The summed E-state index contributed by atoms with van der Waals surface area (Å²) in [7, 11) is 1.53. The number of likely N-dealkylation sites (tertiary alicyclic amines) is 1. The van der Waals surface area contributed by atoms with Crippen molar-refractivity contribution >= 4 is 0 Å². The van der Waals surface area contributed by atoms with Gasteiger partial charge in [-0.1, -0.05) is 0 Å². The fourth-order valence-electron chi connectivity index (χ4n) is 3.04. The predicted octanol–water partition coefficient (Wildman–Crippen LogP) is 2.36. The maximum Gasteiger partial charge on any atom is 0.417 e. The summed E-state index contributed by atoms with van der Waals surface area (Å²) in [5, 5.41) is 9.72. The van der Waals surface area contributed by atoms with Crippen molar-refractivity contribution in [2.45, 2.75) is 31.2 Å². The van der Waals surface area contributed by atoms with E-state index in [9.17, 15) is 18.3 Å². The van der Waals surface area contributed by atoms with Crippen molar-refractivity contribution < 1.29 is 32.5 Å². The summed E-state index contributed by atoms with van der Waals surface area (Å²) in [4.78, 5) is 1.88. The number of aliphatic hydroxyl groups is 1. The lowest BCUT2D eigenvalue weighted by Crippen LogP contribution is -2.53. The Morgan fingerprint density at radius 2 is 1.88 bits per heavy atom. The summed E-state index contributed by atoms with van der Waals surface area (Å²) >= 11 is 0. The van der Waals surface area contributed by atoms with E-state index in [0.717, 1.165) is 5.56 Å². The first kappa shape index (κ1) is 17.2. The number of benzene rings is 1. The Kier molecular flexibility index (Phi) is 4.52. The molecule has 2 heterocycles. The molecule has 1 N–H and O–H groups in total. The van der Waals surface area contributed by atoms with Gasteiger partial charge in [0.2, 0.25) is 5.75 Å². The molecule has 5 nitrogen and oxygen atoms in total. The Balaban J connectivity index is 1.69. The first-order valence-corrected chi connectivity index (χ1v) is 7.80. The van der Waals surface area contributed by atoms with Gasteiger partial charge in [-0.15, -0.1) is 0 Å². The number of rotatable bonds is 3. The van der Waals surface area contributed by atoms with Crippen molar-refractivity contribution in [3.63, 3.8) is 0 Å². The largest absolute Gasteiger partial charge is 0.493 e. The molecule has 0 bridgehead atoms. The normalized spacial score (nSPS) is 20.7. The molecule has 1 aromatic rings. The van der Waals surface area contributed by atoms with Gasteiger partial charge in [-0.05, 0) is 30.5 Å². The molecule has 0 atom stereocenters. The van der Waals surface area contributed by atoms with Gasteiger partial charge in [0.15, 0.2) is 17.1 Å². The molecule has 0 amide bonds. The highest BCUT2D eigenvalue weighted by molar-refractivity contribution is 5.54. The third-order valence-corrected chi connectivity index (χ3v) is 4.50. The number of alkyl halides is 3. The Morgan fingerprint density at radius 1 is 1.21 bits per heavy atom. The van der Waals surface area contributed by atoms with Crippen molar-refractivity contribution in [2.75, 3.05) is 33.4 Å². The van der Waals surface area contributed by atoms with E-state index in [1.807, 2.05) is 11.0 Å². The molecule has 0 aliphatic carbocycles. The van der Waals surface area contributed by atoms with E-state index in [-0.39, 0.29) is 25.9 Å². The molecule has 2 aliphatic heterocycles. The van der Waals surface area contributed by atoms with Crippen LogP contribution in [0.1, 0.15) is 18.4 Å². The third-order valence-electron chi connectivity index (χ3n) is 4.50.